The molecule has 1 aromatic heterocycles. The molecule has 2 amide bonds. The summed E-state index contributed by atoms with van der Waals surface area (Å²) in [5, 5.41) is 13.7. The second-order valence-electron chi connectivity index (χ2n) is 6.47. The molecule has 8 nitrogen and oxygen atoms in total. The fourth-order valence-electron chi connectivity index (χ4n) is 3.93. The zero-order valence-corrected chi connectivity index (χ0v) is 13.9. The number of urea groups is 1. The summed E-state index contributed by atoms with van der Waals surface area (Å²) >= 11 is 0. The normalized spacial score (nSPS) is 23.9. The van der Waals surface area contributed by atoms with Crippen LogP contribution in [0.15, 0.2) is 18.5 Å². The van der Waals surface area contributed by atoms with E-state index in [4.69, 9.17) is 4.74 Å². The first-order valence-electron chi connectivity index (χ1n) is 8.23. The number of nitrogens with zero attached hydrogens (tertiary/aromatic N) is 3. The first-order chi connectivity index (χ1) is 11.5. The van der Waals surface area contributed by atoms with E-state index in [9.17, 15) is 14.9 Å². The predicted octanol–water partition coefficient (Wildman–Crippen LogP) is 2.80. The highest BCUT2D eigenvalue weighted by Crippen LogP contribution is 2.58. The van der Waals surface area contributed by atoms with Crippen LogP contribution in [0.4, 0.5) is 16.2 Å². The van der Waals surface area contributed by atoms with Crippen molar-refractivity contribution in [3.8, 4) is 0 Å². The Balaban J connectivity index is 1.69. The number of carbonyl (C=O) groups is 1. The molecule has 2 atom stereocenters. The molecule has 2 unspecified atom stereocenters. The Morgan fingerprint density at radius 1 is 1.58 bits per heavy atom. The van der Waals surface area contributed by atoms with Gasteiger partial charge >= 0.3 is 11.7 Å². The smallest absolute Gasteiger partial charge is 0.322 e. The fraction of sp³-hybridized carbons (Fsp3) is 0.625. The number of pyridine rings is 1. The van der Waals surface area contributed by atoms with E-state index in [1.165, 1.54) is 12.3 Å². The van der Waals surface area contributed by atoms with Gasteiger partial charge in [0.15, 0.2) is 0 Å². The summed E-state index contributed by atoms with van der Waals surface area (Å²) in [7, 11) is 1.75. The molecule has 2 fully saturated rings. The van der Waals surface area contributed by atoms with Crippen LogP contribution in [-0.2, 0) is 4.74 Å². The summed E-state index contributed by atoms with van der Waals surface area (Å²) in [4.78, 5) is 28.4. The van der Waals surface area contributed by atoms with Crippen molar-refractivity contribution in [2.24, 2.45) is 5.41 Å². The largest absolute Gasteiger partial charge is 0.378 e. The van der Waals surface area contributed by atoms with Gasteiger partial charge < -0.3 is 15.0 Å². The van der Waals surface area contributed by atoms with Crippen molar-refractivity contribution in [3.05, 3.63) is 28.6 Å². The van der Waals surface area contributed by atoms with Gasteiger partial charge in [-0.05, 0) is 32.3 Å². The molecule has 1 N–H and O–H groups in total. The van der Waals surface area contributed by atoms with Gasteiger partial charge in [-0.15, -0.1) is 0 Å². The lowest BCUT2D eigenvalue weighted by molar-refractivity contribution is -0.384. The third-order valence-corrected chi connectivity index (χ3v) is 5.42. The molecule has 1 aromatic rings. The highest BCUT2D eigenvalue weighted by atomic mass is 16.6. The van der Waals surface area contributed by atoms with Crippen LogP contribution in [-0.4, -0.2) is 46.6 Å². The molecule has 2 saturated carbocycles. The number of carbonyl (C=O) groups excluding carboxylic acids is 1. The van der Waals surface area contributed by atoms with Gasteiger partial charge in [-0.25, -0.2) is 4.79 Å². The number of nitro groups is 1. The van der Waals surface area contributed by atoms with Gasteiger partial charge in [-0.1, -0.05) is 6.42 Å². The maximum Gasteiger partial charge on any atom is 0.322 e. The van der Waals surface area contributed by atoms with Crippen molar-refractivity contribution in [1.29, 1.82) is 0 Å². The van der Waals surface area contributed by atoms with Crippen LogP contribution in [0.3, 0.4) is 0 Å². The quantitative estimate of drug-likeness (QED) is 0.659. The van der Waals surface area contributed by atoms with Gasteiger partial charge in [0.25, 0.3) is 0 Å². The van der Waals surface area contributed by atoms with E-state index in [0.717, 1.165) is 31.9 Å². The summed E-state index contributed by atoms with van der Waals surface area (Å²) in [6.07, 6.45) is 6.88. The van der Waals surface area contributed by atoms with E-state index in [1.54, 1.807) is 11.9 Å². The molecule has 24 heavy (non-hydrogen) atoms. The number of hydrogen-bond donors (Lipinski definition) is 1. The van der Waals surface area contributed by atoms with Gasteiger partial charge in [0.05, 0.1) is 11.0 Å². The second-order valence-corrected chi connectivity index (χ2v) is 6.47. The van der Waals surface area contributed by atoms with Crippen molar-refractivity contribution in [3.63, 3.8) is 0 Å². The van der Waals surface area contributed by atoms with E-state index in [1.807, 2.05) is 6.92 Å². The molecule has 1 heterocycles. The average molecular weight is 334 g/mol. The van der Waals surface area contributed by atoms with Gasteiger partial charge in [0.2, 0.25) is 0 Å². The molecule has 3 rings (SSSR count). The lowest BCUT2D eigenvalue weighted by Gasteiger charge is -2.63. The number of anilines is 1. The Morgan fingerprint density at radius 2 is 2.33 bits per heavy atom. The molecule has 1 spiro atoms. The molecule has 2 aliphatic rings. The summed E-state index contributed by atoms with van der Waals surface area (Å²) in [5.74, 6) is 0. The number of hydrogen-bond acceptors (Lipinski definition) is 5. The van der Waals surface area contributed by atoms with Crippen LogP contribution in [0.2, 0.25) is 0 Å². The van der Waals surface area contributed by atoms with Crippen LogP contribution in [0.25, 0.3) is 0 Å². The van der Waals surface area contributed by atoms with Gasteiger partial charge in [-0.2, -0.15) is 0 Å². The maximum absolute atomic E-state index is 12.5. The number of amides is 2. The first kappa shape index (κ1) is 16.6. The third kappa shape index (κ3) is 2.60. The molecule has 130 valence electrons. The fourth-order valence-corrected chi connectivity index (χ4v) is 3.93. The Hall–Kier alpha value is -2.22. The Labute approximate surface area is 140 Å². The molecule has 0 radical (unpaired) electrons. The molecule has 0 aliphatic heterocycles. The van der Waals surface area contributed by atoms with Gasteiger partial charge in [0, 0.05) is 31.3 Å². The number of aromatic nitrogens is 1. The summed E-state index contributed by atoms with van der Waals surface area (Å²) in [6.45, 7) is 2.66. The van der Waals surface area contributed by atoms with Crippen LogP contribution in [0, 0.1) is 15.5 Å². The SMILES string of the molecule is CCOC1CC(N(C)C(=O)Nc2ccncc2[N+](=O)[O-])C12CCC2. The zero-order valence-electron chi connectivity index (χ0n) is 13.9. The van der Waals surface area contributed by atoms with Crippen molar-refractivity contribution in [2.45, 2.75) is 44.8 Å². The van der Waals surface area contributed by atoms with Crippen molar-refractivity contribution < 1.29 is 14.5 Å². The molecule has 2 aliphatic carbocycles. The standard InChI is InChI=1S/C16H22N4O4/c1-3-24-14-9-13(16(14)6-4-7-16)19(2)15(21)18-11-5-8-17-10-12(11)20(22)23/h5,8,10,13-14H,3-4,6-7,9H2,1-2H3,(H,17,18,21). The number of nitrogens with one attached hydrogen (secondary N) is 1. The molecule has 0 aromatic carbocycles. The third-order valence-electron chi connectivity index (χ3n) is 5.42. The zero-order chi connectivity index (χ0) is 17.3. The van der Waals surface area contributed by atoms with E-state index in [0.29, 0.717) is 6.61 Å². The minimum absolute atomic E-state index is 0.0618. The molecule has 0 saturated heterocycles. The maximum atomic E-state index is 12.5. The van der Waals surface area contributed by atoms with Crippen LogP contribution in [0.1, 0.15) is 32.6 Å². The summed E-state index contributed by atoms with van der Waals surface area (Å²) in [6, 6.07) is 1.21. The Bertz CT molecular complexity index is 647. The van der Waals surface area contributed by atoms with E-state index >= 15 is 0 Å². The average Bonchev–Trinajstić information content (AvgIpc) is 2.49. The number of ether oxygens (including phenoxy) is 1. The second kappa shape index (κ2) is 6.35. The van der Waals surface area contributed by atoms with E-state index < -0.39 is 4.92 Å². The molecule has 8 heteroatoms. The molecule has 0 bridgehead atoms. The van der Waals surface area contributed by atoms with Crippen LogP contribution >= 0.6 is 0 Å². The van der Waals surface area contributed by atoms with Gasteiger partial charge in [0.1, 0.15) is 11.9 Å². The van der Waals surface area contributed by atoms with Crippen LogP contribution in [0.5, 0.6) is 0 Å². The molecular weight excluding hydrogens is 312 g/mol. The van der Waals surface area contributed by atoms with Crippen molar-refractivity contribution >= 4 is 17.4 Å². The van der Waals surface area contributed by atoms with Gasteiger partial charge in [-0.3, -0.25) is 15.1 Å². The minimum atomic E-state index is -0.551. The summed E-state index contributed by atoms with van der Waals surface area (Å²) in [5.41, 5.74) is 0.0142. The van der Waals surface area contributed by atoms with Crippen molar-refractivity contribution in [2.75, 3.05) is 19.0 Å². The van der Waals surface area contributed by atoms with E-state index in [2.05, 4.69) is 10.3 Å². The summed E-state index contributed by atoms with van der Waals surface area (Å²) < 4.78 is 5.81. The van der Waals surface area contributed by atoms with Crippen LogP contribution < -0.4 is 5.32 Å². The Morgan fingerprint density at radius 3 is 2.92 bits per heavy atom. The highest BCUT2D eigenvalue weighted by Gasteiger charge is 2.60. The predicted molar refractivity (Wildman–Crippen MR) is 87.8 cm³/mol. The minimum Gasteiger partial charge on any atom is -0.378 e. The van der Waals surface area contributed by atoms with E-state index in [-0.39, 0.29) is 35.0 Å². The lowest BCUT2D eigenvalue weighted by atomic mass is 9.50. The first-order valence-corrected chi connectivity index (χ1v) is 8.23. The number of rotatable bonds is 5. The Kier molecular flexibility index (Phi) is 4.40. The topological polar surface area (TPSA) is 97.6 Å². The van der Waals surface area contributed by atoms with Crippen molar-refractivity contribution in [1.82, 2.24) is 9.88 Å². The molecular formula is C16H22N4O4. The highest BCUT2D eigenvalue weighted by molar-refractivity contribution is 5.91. The monoisotopic (exact) mass is 334 g/mol. The lowest BCUT2D eigenvalue weighted by Crippen LogP contribution is -2.68.